The Morgan fingerprint density at radius 1 is 1.00 bits per heavy atom. The van der Waals surface area contributed by atoms with Crippen LogP contribution in [-0.4, -0.2) is 46.2 Å². The molecule has 1 saturated heterocycles. The molecule has 0 saturated carbocycles. The van der Waals surface area contributed by atoms with Gasteiger partial charge in [0.15, 0.2) is 0 Å². The highest BCUT2D eigenvalue weighted by Crippen LogP contribution is 2.42. The second-order valence-corrected chi connectivity index (χ2v) is 8.74. The van der Waals surface area contributed by atoms with Crippen molar-refractivity contribution in [2.45, 2.75) is 45.1 Å². The van der Waals surface area contributed by atoms with E-state index in [2.05, 4.69) is 30.1 Å². The summed E-state index contributed by atoms with van der Waals surface area (Å²) < 4.78 is 0. The molecule has 160 valence electrons. The van der Waals surface area contributed by atoms with Gasteiger partial charge in [0, 0.05) is 53.8 Å². The van der Waals surface area contributed by atoms with Crippen molar-refractivity contribution in [1.29, 1.82) is 0 Å². The number of hydrogen-bond donors (Lipinski definition) is 1. The van der Waals surface area contributed by atoms with Gasteiger partial charge in [-0.25, -0.2) is 0 Å². The number of rotatable bonds is 4. The highest BCUT2D eigenvalue weighted by atomic mass is 16.2. The number of H-pyrrole nitrogens is 1. The van der Waals surface area contributed by atoms with E-state index in [1.165, 1.54) is 12.8 Å². The average Bonchev–Trinajstić information content (AvgIpc) is 3.09. The third kappa shape index (κ3) is 3.52. The molecule has 2 aromatic carbocycles. The van der Waals surface area contributed by atoms with Gasteiger partial charge in [-0.2, -0.15) is 0 Å². The van der Waals surface area contributed by atoms with Crippen LogP contribution in [-0.2, 0) is 4.79 Å². The van der Waals surface area contributed by atoms with E-state index < -0.39 is 0 Å². The maximum atomic E-state index is 13.4. The maximum Gasteiger partial charge on any atom is 0.255 e. The van der Waals surface area contributed by atoms with Gasteiger partial charge in [0.25, 0.3) is 5.91 Å². The third-order valence-electron chi connectivity index (χ3n) is 6.80. The van der Waals surface area contributed by atoms with Gasteiger partial charge < -0.3 is 14.8 Å². The molecule has 0 aliphatic carbocycles. The number of aromatic nitrogens is 1. The van der Waals surface area contributed by atoms with Crippen molar-refractivity contribution in [2.75, 3.05) is 19.6 Å². The van der Waals surface area contributed by atoms with Crippen LogP contribution in [0.25, 0.3) is 10.9 Å². The van der Waals surface area contributed by atoms with Crippen molar-refractivity contribution in [3.63, 3.8) is 0 Å². The molecule has 2 amide bonds. The Morgan fingerprint density at radius 3 is 2.52 bits per heavy atom. The molecule has 2 aliphatic heterocycles. The minimum atomic E-state index is -0.170. The van der Waals surface area contributed by atoms with Crippen LogP contribution in [0.4, 0.5) is 0 Å². The van der Waals surface area contributed by atoms with Gasteiger partial charge in [-0.05, 0) is 37.5 Å². The highest BCUT2D eigenvalue weighted by Gasteiger charge is 2.39. The molecule has 3 heterocycles. The van der Waals surface area contributed by atoms with Crippen LogP contribution < -0.4 is 0 Å². The molecule has 2 aliphatic rings. The monoisotopic (exact) mass is 415 g/mol. The molecule has 1 atom stereocenters. The fourth-order valence-corrected chi connectivity index (χ4v) is 5.26. The van der Waals surface area contributed by atoms with Gasteiger partial charge in [-0.15, -0.1) is 0 Å². The summed E-state index contributed by atoms with van der Waals surface area (Å²) in [5.41, 5.74) is 5.06. The first kappa shape index (κ1) is 19.9. The van der Waals surface area contributed by atoms with E-state index in [1.807, 2.05) is 40.1 Å². The molecule has 5 nitrogen and oxygen atoms in total. The van der Waals surface area contributed by atoms with Crippen molar-refractivity contribution in [1.82, 2.24) is 14.8 Å². The Hall–Kier alpha value is -3.08. The zero-order chi connectivity index (χ0) is 21.4. The molecule has 3 aromatic rings. The number of carbonyl (C=O) groups excluding carboxylic acids is 2. The van der Waals surface area contributed by atoms with E-state index in [1.54, 1.807) is 0 Å². The van der Waals surface area contributed by atoms with Gasteiger partial charge in [0.2, 0.25) is 5.91 Å². The number of benzene rings is 2. The topological polar surface area (TPSA) is 56.4 Å². The summed E-state index contributed by atoms with van der Waals surface area (Å²) in [5.74, 6) is 0.189. The second-order valence-electron chi connectivity index (χ2n) is 8.74. The first-order chi connectivity index (χ1) is 15.1. The van der Waals surface area contributed by atoms with E-state index in [0.717, 1.165) is 59.2 Å². The molecular weight excluding hydrogens is 386 g/mol. The molecule has 5 rings (SSSR count). The van der Waals surface area contributed by atoms with Crippen molar-refractivity contribution >= 4 is 22.7 Å². The predicted molar refractivity (Wildman–Crippen MR) is 122 cm³/mol. The lowest BCUT2D eigenvalue weighted by molar-refractivity contribution is -0.131. The minimum absolute atomic E-state index is 0.0222. The number of aromatic amines is 1. The molecular formula is C26H29N3O2. The van der Waals surface area contributed by atoms with Gasteiger partial charge in [0.1, 0.15) is 0 Å². The molecule has 1 fully saturated rings. The smallest absolute Gasteiger partial charge is 0.255 e. The molecule has 0 spiro atoms. The summed E-state index contributed by atoms with van der Waals surface area (Å²) in [5, 5.41) is 1.14. The third-order valence-corrected chi connectivity index (χ3v) is 6.80. The Bertz CT molecular complexity index is 1120. The standard InChI is InChI=1S/C26H29N3O2/c1-18-24(21-12-6-7-13-22(21)27-18)25-19-10-4-5-11-20(19)26(31)29(25)17-14-23(30)28-15-8-2-3-9-16-28/h4-7,10-13,25,27H,2-3,8-9,14-17H2,1H3. The van der Waals surface area contributed by atoms with E-state index in [4.69, 9.17) is 0 Å². The second kappa shape index (κ2) is 8.22. The van der Waals surface area contributed by atoms with E-state index in [0.29, 0.717) is 13.0 Å². The van der Waals surface area contributed by atoms with Crippen molar-refractivity contribution in [3.8, 4) is 0 Å². The van der Waals surface area contributed by atoms with Crippen LogP contribution in [0, 0.1) is 6.92 Å². The number of para-hydroxylation sites is 1. The first-order valence-corrected chi connectivity index (χ1v) is 11.4. The number of carbonyl (C=O) groups is 2. The fourth-order valence-electron chi connectivity index (χ4n) is 5.26. The number of likely N-dealkylation sites (tertiary alicyclic amines) is 1. The summed E-state index contributed by atoms with van der Waals surface area (Å²) in [6.45, 7) is 4.20. The molecule has 0 radical (unpaired) electrons. The number of amides is 2. The van der Waals surface area contributed by atoms with Crippen LogP contribution in [0.3, 0.4) is 0 Å². The highest BCUT2D eigenvalue weighted by molar-refractivity contribution is 6.01. The lowest BCUT2D eigenvalue weighted by Gasteiger charge is -2.27. The Morgan fingerprint density at radius 2 is 1.71 bits per heavy atom. The van der Waals surface area contributed by atoms with E-state index in [-0.39, 0.29) is 17.9 Å². The van der Waals surface area contributed by atoms with Gasteiger partial charge in [0.05, 0.1) is 6.04 Å². The number of nitrogens with zero attached hydrogens (tertiary/aromatic N) is 2. The SMILES string of the molecule is Cc1[nH]c2ccccc2c1C1c2ccccc2C(=O)N1CCC(=O)N1CCCCCC1. The summed E-state index contributed by atoms with van der Waals surface area (Å²) in [7, 11) is 0. The number of nitrogens with one attached hydrogen (secondary N) is 1. The Kier molecular flexibility index (Phi) is 5.26. The largest absolute Gasteiger partial charge is 0.358 e. The zero-order valence-electron chi connectivity index (χ0n) is 18.1. The lowest BCUT2D eigenvalue weighted by atomic mass is 9.95. The quantitative estimate of drug-likeness (QED) is 0.665. The number of hydrogen-bond acceptors (Lipinski definition) is 2. The van der Waals surface area contributed by atoms with Crippen LogP contribution in [0.2, 0.25) is 0 Å². The lowest BCUT2D eigenvalue weighted by Crippen LogP contribution is -2.36. The van der Waals surface area contributed by atoms with Crippen LogP contribution in [0.15, 0.2) is 48.5 Å². The average molecular weight is 416 g/mol. The van der Waals surface area contributed by atoms with Crippen molar-refractivity contribution in [2.24, 2.45) is 0 Å². The molecule has 1 unspecified atom stereocenters. The van der Waals surface area contributed by atoms with Gasteiger partial charge in [-0.1, -0.05) is 49.2 Å². The zero-order valence-corrected chi connectivity index (χ0v) is 18.1. The minimum Gasteiger partial charge on any atom is -0.358 e. The number of aryl methyl sites for hydroxylation is 1. The van der Waals surface area contributed by atoms with Crippen molar-refractivity contribution < 1.29 is 9.59 Å². The molecule has 31 heavy (non-hydrogen) atoms. The summed E-state index contributed by atoms with van der Waals surface area (Å²) in [6.07, 6.45) is 4.93. The fraction of sp³-hybridized carbons (Fsp3) is 0.385. The molecule has 0 bridgehead atoms. The predicted octanol–water partition coefficient (Wildman–Crippen LogP) is 4.81. The maximum absolute atomic E-state index is 13.4. The Labute approximate surface area is 183 Å². The first-order valence-electron chi connectivity index (χ1n) is 11.4. The summed E-state index contributed by atoms with van der Waals surface area (Å²) in [6, 6.07) is 15.9. The summed E-state index contributed by atoms with van der Waals surface area (Å²) in [4.78, 5) is 33.7. The van der Waals surface area contributed by atoms with E-state index in [9.17, 15) is 9.59 Å². The molecule has 5 heteroatoms. The van der Waals surface area contributed by atoms with Gasteiger partial charge >= 0.3 is 0 Å². The van der Waals surface area contributed by atoms with Crippen LogP contribution in [0.5, 0.6) is 0 Å². The molecule has 1 aromatic heterocycles. The van der Waals surface area contributed by atoms with E-state index >= 15 is 0 Å². The van der Waals surface area contributed by atoms with Crippen LogP contribution in [0.1, 0.15) is 65.3 Å². The molecule has 1 N–H and O–H groups in total. The van der Waals surface area contributed by atoms with Crippen molar-refractivity contribution in [3.05, 3.63) is 70.9 Å². The normalized spacial score (nSPS) is 19.0. The van der Waals surface area contributed by atoms with Crippen LogP contribution >= 0.6 is 0 Å². The number of fused-ring (bicyclic) bond motifs is 2. The van der Waals surface area contributed by atoms with Gasteiger partial charge in [-0.3, -0.25) is 9.59 Å². The summed E-state index contributed by atoms with van der Waals surface area (Å²) >= 11 is 0. The Balaban J connectivity index is 1.48.